The summed E-state index contributed by atoms with van der Waals surface area (Å²) in [4.78, 5) is 24.0. The molecule has 3 rings (SSSR count). The van der Waals surface area contributed by atoms with E-state index in [1.807, 2.05) is 36.4 Å². The first kappa shape index (κ1) is 14.8. The molecule has 2 amide bonds. The molecule has 0 aliphatic rings. The van der Waals surface area contributed by atoms with Gasteiger partial charge in [0, 0.05) is 23.9 Å². The SMILES string of the molecule is CNC(=O)c1cccc(NC(=O)c2ccc3ccccc3c2)c1. The monoisotopic (exact) mass is 304 g/mol. The van der Waals surface area contributed by atoms with Gasteiger partial charge in [0.1, 0.15) is 0 Å². The zero-order valence-corrected chi connectivity index (χ0v) is 12.7. The first-order valence-corrected chi connectivity index (χ1v) is 7.29. The van der Waals surface area contributed by atoms with Gasteiger partial charge in [0.25, 0.3) is 11.8 Å². The fourth-order valence-corrected chi connectivity index (χ4v) is 2.42. The molecule has 0 aromatic heterocycles. The van der Waals surface area contributed by atoms with Crippen LogP contribution in [0.1, 0.15) is 20.7 Å². The van der Waals surface area contributed by atoms with Crippen molar-refractivity contribution in [2.24, 2.45) is 0 Å². The zero-order chi connectivity index (χ0) is 16.2. The Bertz CT molecular complexity index is 887. The topological polar surface area (TPSA) is 58.2 Å². The lowest BCUT2D eigenvalue weighted by atomic mass is 10.1. The van der Waals surface area contributed by atoms with Gasteiger partial charge < -0.3 is 10.6 Å². The normalized spacial score (nSPS) is 10.3. The Balaban J connectivity index is 1.84. The molecule has 3 aromatic carbocycles. The average molecular weight is 304 g/mol. The number of rotatable bonds is 3. The number of hydrogen-bond acceptors (Lipinski definition) is 2. The van der Waals surface area contributed by atoms with Gasteiger partial charge in [0.2, 0.25) is 0 Å². The number of amides is 2. The largest absolute Gasteiger partial charge is 0.355 e. The van der Waals surface area contributed by atoms with E-state index in [2.05, 4.69) is 10.6 Å². The summed E-state index contributed by atoms with van der Waals surface area (Å²) in [7, 11) is 1.57. The van der Waals surface area contributed by atoms with Crippen molar-refractivity contribution in [1.82, 2.24) is 5.32 Å². The van der Waals surface area contributed by atoms with Gasteiger partial charge in [-0.05, 0) is 41.1 Å². The van der Waals surface area contributed by atoms with E-state index in [4.69, 9.17) is 0 Å². The van der Waals surface area contributed by atoms with Crippen molar-refractivity contribution in [1.29, 1.82) is 0 Å². The van der Waals surface area contributed by atoms with Gasteiger partial charge in [-0.25, -0.2) is 0 Å². The molecule has 23 heavy (non-hydrogen) atoms. The Morgan fingerprint density at radius 2 is 1.48 bits per heavy atom. The van der Waals surface area contributed by atoms with E-state index in [0.29, 0.717) is 16.8 Å². The second kappa shape index (κ2) is 6.32. The second-order valence-electron chi connectivity index (χ2n) is 5.18. The van der Waals surface area contributed by atoms with Crippen LogP contribution in [0, 0.1) is 0 Å². The van der Waals surface area contributed by atoms with Crippen LogP contribution in [0.15, 0.2) is 66.7 Å². The van der Waals surface area contributed by atoms with Crippen LogP contribution in [-0.4, -0.2) is 18.9 Å². The molecule has 4 heteroatoms. The van der Waals surface area contributed by atoms with Crippen LogP contribution in [0.4, 0.5) is 5.69 Å². The second-order valence-corrected chi connectivity index (χ2v) is 5.18. The van der Waals surface area contributed by atoms with Crippen molar-refractivity contribution < 1.29 is 9.59 Å². The number of benzene rings is 3. The molecule has 0 fully saturated rings. The van der Waals surface area contributed by atoms with Gasteiger partial charge in [-0.15, -0.1) is 0 Å². The molecule has 0 aliphatic heterocycles. The number of hydrogen-bond donors (Lipinski definition) is 2. The van der Waals surface area contributed by atoms with Crippen molar-refractivity contribution in [2.45, 2.75) is 0 Å². The molecule has 2 N–H and O–H groups in total. The third-order valence-corrected chi connectivity index (χ3v) is 3.62. The fourth-order valence-electron chi connectivity index (χ4n) is 2.42. The van der Waals surface area contributed by atoms with Gasteiger partial charge in [0.15, 0.2) is 0 Å². The fraction of sp³-hybridized carbons (Fsp3) is 0.0526. The van der Waals surface area contributed by atoms with Crippen molar-refractivity contribution in [3.05, 3.63) is 77.9 Å². The van der Waals surface area contributed by atoms with Crippen molar-refractivity contribution in [2.75, 3.05) is 12.4 Å². The van der Waals surface area contributed by atoms with Gasteiger partial charge in [-0.1, -0.05) is 36.4 Å². The Hall–Kier alpha value is -3.14. The highest BCUT2D eigenvalue weighted by molar-refractivity contribution is 6.07. The molecule has 0 saturated carbocycles. The summed E-state index contributed by atoms with van der Waals surface area (Å²) in [5.74, 6) is -0.392. The maximum atomic E-state index is 12.4. The molecular formula is C19H16N2O2. The molecule has 4 nitrogen and oxygen atoms in total. The van der Waals surface area contributed by atoms with Crippen molar-refractivity contribution >= 4 is 28.3 Å². The predicted molar refractivity (Wildman–Crippen MR) is 91.7 cm³/mol. The molecule has 0 bridgehead atoms. The van der Waals surface area contributed by atoms with Crippen LogP contribution in [0.3, 0.4) is 0 Å². The Morgan fingerprint density at radius 3 is 2.26 bits per heavy atom. The molecule has 0 aliphatic carbocycles. The Morgan fingerprint density at radius 1 is 0.739 bits per heavy atom. The van der Waals surface area contributed by atoms with Crippen molar-refractivity contribution in [3.8, 4) is 0 Å². The molecule has 0 atom stereocenters. The van der Waals surface area contributed by atoms with E-state index in [-0.39, 0.29) is 11.8 Å². The first-order chi connectivity index (χ1) is 11.2. The van der Waals surface area contributed by atoms with Gasteiger partial charge in [-0.3, -0.25) is 9.59 Å². The van der Waals surface area contributed by atoms with Crippen LogP contribution in [0.5, 0.6) is 0 Å². The van der Waals surface area contributed by atoms with E-state index < -0.39 is 0 Å². The summed E-state index contributed by atoms with van der Waals surface area (Å²) in [6.07, 6.45) is 0. The summed E-state index contributed by atoms with van der Waals surface area (Å²) in [5.41, 5.74) is 1.67. The van der Waals surface area contributed by atoms with Gasteiger partial charge in [0.05, 0.1) is 0 Å². The molecule has 3 aromatic rings. The maximum Gasteiger partial charge on any atom is 0.255 e. The first-order valence-electron chi connectivity index (χ1n) is 7.29. The zero-order valence-electron chi connectivity index (χ0n) is 12.7. The lowest BCUT2D eigenvalue weighted by molar-refractivity contribution is 0.0961. The predicted octanol–water partition coefficient (Wildman–Crippen LogP) is 3.45. The minimum Gasteiger partial charge on any atom is -0.355 e. The third-order valence-electron chi connectivity index (χ3n) is 3.62. The standard InChI is InChI=1S/C19H16N2O2/c1-20-18(22)15-7-4-8-17(12-15)21-19(23)16-10-9-13-5-2-3-6-14(13)11-16/h2-12H,1H3,(H,20,22)(H,21,23). The number of nitrogens with one attached hydrogen (secondary N) is 2. The van der Waals surface area contributed by atoms with E-state index in [0.717, 1.165) is 10.8 Å². The average Bonchev–Trinajstić information content (AvgIpc) is 2.60. The summed E-state index contributed by atoms with van der Waals surface area (Å²) < 4.78 is 0. The third kappa shape index (κ3) is 3.21. The lowest BCUT2D eigenvalue weighted by Crippen LogP contribution is -2.18. The molecule has 0 heterocycles. The van der Waals surface area contributed by atoms with E-state index in [1.54, 1.807) is 37.4 Å². The smallest absolute Gasteiger partial charge is 0.255 e. The molecule has 0 spiro atoms. The highest BCUT2D eigenvalue weighted by Gasteiger charge is 2.09. The molecule has 0 unspecified atom stereocenters. The van der Waals surface area contributed by atoms with Gasteiger partial charge >= 0.3 is 0 Å². The van der Waals surface area contributed by atoms with Crippen molar-refractivity contribution in [3.63, 3.8) is 0 Å². The van der Waals surface area contributed by atoms with Crippen LogP contribution in [0.2, 0.25) is 0 Å². The summed E-state index contributed by atoms with van der Waals surface area (Å²) >= 11 is 0. The molecule has 114 valence electrons. The lowest BCUT2D eigenvalue weighted by Gasteiger charge is -2.08. The summed E-state index contributed by atoms with van der Waals surface area (Å²) in [6.45, 7) is 0. The number of fused-ring (bicyclic) bond motifs is 1. The number of carbonyl (C=O) groups excluding carboxylic acids is 2. The molecule has 0 saturated heterocycles. The van der Waals surface area contributed by atoms with Crippen LogP contribution in [-0.2, 0) is 0 Å². The molecular weight excluding hydrogens is 288 g/mol. The summed E-state index contributed by atoms with van der Waals surface area (Å²) in [5, 5.41) is 7.49. The minimum absolute atomic E-state index is 0.188. The number of anilines is 1. The highest BCUT2D eigenvalue weighted by Crippen LogP contribution is 2.17. The van der Waals surface area contributed by atoms with Crippen LogP contribution < -0.4 is 10.6 Å². The minimum atomic E-state index is -0.204. The van der Waals surface area contributed by atoms with E-state index in [9.17, 15) is 9.59 Å². The van der Waals surface area contributed by atoms with Gasteiger partial charge in [-0.2, -0.15) is 0 Å². The Kier molecular flexibility index (Phi) is 4.06. The van der Waals surface area contributed by atoms with Crippen LogP contribution in [0.25, 0.3) is 10.8 Å². The van der Waals surface area contributed by atoms with E-state index in [1.165, 1.54) is 0 Å². The van der Waals surface area contributed by atoms with Crippen LogP contribution >= 0.6 is 0 Å². The van der Waals surface area contributed by atoms with E-state index >= 15 is 0 Å². The number of carbonyl (C=O) groups is 2. The highest BCUT2D eigenvalue weighted by atomic mass is 16.2. The molecule has 0 radical (unpaired) electrons. The maximum absolute atomic E-state index is 12.4. The summed E-state index contributed by atoms with van der Waals surface area (Å²) in [6, 6.07) is 20.3. The Labute approximate surface area is 134 Å². The quantitative estimate of drug-likeness (QED) is 0.778.